The van der Waals surface area contributed by atoms with Crippen molar-refractivity contribution in [3.05, 3.63) is 0 Å². The Morgan fingerprint density at radius 2 is 2.23 bits per heavy atom. The Kier molecular flexibility index (Phi) is 3.29. The molecule has 1 saturated carbocycles. The van der Waals surface area contributed by atoms with Crippen molar-refractivity contribution in [1.29, 1.82) is 5.26 Å². The fourth-order valence-corrected chi connectivity index (χ4v) is 1.45. The molecule has 1 unspecified atom stereocenters. The molecule has 1 atom stereocenters. The highest BCUT2D eigenvalue weighted by atomic mass is 16.5. The summed E-state index contributed by atoms with van der Waals surface area (Å²) in [5.74, 6) is 0.487. The van der Waals surface area contributed by atoms with Gasteiger partial charge in [-0.25, -0.2) is 0 Å². The van der Waals surface area contributed by atoms with Gasteiger partial charge in [-0.05, 0) is 39.7 Å². The average molecular weight is 182 g/mol. The first-order valence-corrected chi connectivity index (χ1v) is 4.86. The molecule has 0 radical (unpaired) electrons. The highest BCUT2D eigenvalue weighted by Gasteiger charge is 2.45. The van der Waals surface area contributed by atoms with E-state index in [1.165, 1.54) is 0 Å². The van der Waals surface area contributed by atoms with Crippen LogP contribution in [0.4, 0.5) is 0 Å². The lowest BCUT2D eigenvalue weighted by Crippen LogP contribution is -2.48. The Morgan fingerprint density at radius 1 is 1.62 bits per heavy atom. The first-order chi connectivity index (χ1) is 6.14. The number of ether oxygens (including phenoxy) is 1. The van der Waals surface area contributed by atoms with E-state index in [0.717, 1.165) is 12.8 Å². The molecule has 0 heterocycles. The van der Waals surface area contributed by atoms with Crippen LogP contribution in [0.2, 0.25) is 0 Å². The summed E-state index contributed by atoms with van der Waals surface area (Å²) in [5, 5.41) is 12.2. The van der Waals surface area contributed by atoms with Crippen LogP contribution in [0.15, 0.2) is 0 Å². The molecule has 0 spiro atoms. The van der Waals surface area contributed by atoms with Crippen molar-refractivity contribution in [3.63, 3.8) is 0 Å². The minimum absolute atomic E-state index is 0.194. The van der Waals surface area contributed by atoms with Crippen LogP contribution in [0, 0.1) is 17.2 Å². The van der Waals surface area contributed by atoms with Crippen molar-refractivity contribution < 1.29 is 4.74 Å². The van der Waals surface area contributed by atoms with Gasteiger partial charge in [0.25, 0.3) is 0 Å². The van der Waals surface area contributed by atoms with E-state index in [2.05, 4.69) is 11.4 Å². The van der Waals surface area contributed by atoms with Gasteiger partial charge in [-0.15, -0.1) is 0 Å². The maximum atomic E-state index is 9.11. The molecule has 0 aromatic rings. The lowest BCUT2D eigenvalue weighted by Gasteiger charge is -2.26. The van der Waals surface area contributed by atoms with Gasteiger partial charge in [0, 0.05) is 0 Å². The quantitative estimate of drug-likeness (QED) is 0.697. The molecular weight excluding hydrogens is 164 g/mol. The predicted octanol–water partition coefficient (Wildman–Crippen LogP) is 1.30. The van der Waals surface area contributed by atoms with Crippen molar-refractivity contribution in [2.24, 2.45) is 5.92 Å². The Balaban J connectivity index is 2.51. The van der Waals surface area contributed by atoms with E-state index >= 15 is 0 Å². The van der Waals surface area contributed by atoms with E-state index in [-0.39, 0.29) is 6.10 Å². The van der Waals surface area contributed by atoms with Crippen LogP contribution in [0.25, 0.3) is 0 Å². The molecule has 0 aromatic carbocycles. The number of rotatable bonds is 5. The molecule has 1 rings (SSSR count). The van der Waals surface area contributed by atoms with Gasteiger partial charge in [0.15, 0.2) is 0 Å². The third-order valence-corrected chi connectivity index (χ3v) is 2.56. The maximum absolute atomic E-state index is 9.11. The first-order valence-electron chi connectivity index (χ1n) is 4.86. The average Bonchev–Trinajstić information content (AvgIpc) is 2.91. The molecule has 1 aliphatic rings. The molecule has 0 amide bonds. The SMILES string of the molecule is CNC(C#N)(COC(C)C)C1CC1. The summed E-state index contributed by atoms with van der Waals surface area (Å²) >= 11 is 0. The Bertz CT molecular complexity index is 205. The number of hydrogen-bond donors (Lipinski definition) is 1. The first kappa shape index (κ1) is 10.5. The summed E-state index contributed by atoms with van der Waals surface area (Å²) in [6.07, 6.45) is 2.49. The van der Waals surface area contributed by atoms with E-state index in [0.29, 0.717) is 12.5 Å². The number of likely N-dealkylation sites (N-methyl/N-ethyl adjacent to an activating group) is 1. The lowest BCUT2D eigenvalue weighted by atomic mass is 9.96. The molecule has 3 heteroatoms. The Morgan fingerprint density at radius 3 is 2.54 bits per heavy atom. The Hall–Kier alpha value is -0.590. The van der Waals surface area contributed by atoms with Gasteiger partial charge in [-0.2, -0.15) is 5.26 Å². The number of nitriles is 1. The maximum Gasteiger partial charge on any atom is 0.132 e. The summed E-state index contributed by atoms with van der Waals surface area (Å²) in [5.41, 5.74) is -0.440. The zero-order chi connectivity index (χ0) is 9.90. The fraction of sp³-hybridized carbons (Fsp3) is 0.900. The van der Waals surface area contributed by atoms with Crippen LogP contribution in [0.1, 0.15) is 26.7 Å². The van der Waals surface area contributed by atoms with Gasteiger partial charge in [0.05, 0.1) is 18.8 Å². The van der Waals surface area contributed by atoms with Gasteiger partial charge in [0.1, 0.15) is 5.54 Å². The Labute approximate surface area is 80.1 Å². The number of nitrogens with zero attached hydrogens (tertiary/aromatic N) is 1. The van der Waals surface area contributed by atoms with Gasteiger partial charge < -0.3 is 10.1 Å². The molecule has 0 aliphatic heterocycles. The highest BCUT2D eigenvalue weighted by Crippen LogP contribution is 2.39. The summed E-state index contributed by atoms with van der Waals surface area (Å²) in [7, 11) is 1.84. The normalized spacial score (nSPS) is 21.2. The van der Waals surface area contributed by atoms with Crippen molar-refractivity contribution in [2.75, 3.05) is 13.7 Å². The van der Waals surface area contributed by atoms with Crippen LogP contribution < -0.4 is 5.32 Å². The van der Waals surface area contributed by atoms with E-state index in [9.17, 15) is 0 Å². The van der Waals surface area contributed by atoms with Crippen LogP contribution >= 0.6 is 0 Å². The van der Waals surface area contributed by atoms with E-state index in [4.69, 9.17) is 10.00 Å². The fourth-order valence-electron chi connectivity index (χ4n) is 1.45. The number of nitrogens with one attached hydrogen (secondary N) is 1. The van der Waals surface area contributed by atoms with Gasteiger partial charge >= 0.3 is 0 Å². The molecule has 13 heavy (non-hydrogen) atoms. The smallest absolute Gasteiger partial charge is 0.132 e. The van der Waals surface area contributed by atoms with Gasteiger partial charge in [-0.3, -0.25) is 0 Å². The van der Waals surface area contributed by atoms with Crippen LogP contribution in [0.5, 0.6) is 0 Å². The van der Waals surface area contributed by atoms with Crippen LogP contribution in [-0.2, 0) is 4.74 Å². The van der Waals surface area contributed by atoms with Crippen molar-refractivity contribution in [2.45, 2.75) is 38.3 Å². The third kappa shape index (κ3) is 2.43. The third-order valence-electron chi connectivity index (χ3n) is 2.56. The lowest BCUT2D eigenvalue weighted by molar-refractivity contribution is 0.0400. The molecule has 3 nitrogen and oxygen atoms in total. The molecule has 1 fully saturated rings. The highest BCUT2D eigenvalue weighted by molar-refractivity contribution is 5.14. The zero-order valence-electron chi connectivity index (χ0n) is 8.63. The standard InChI is InChI=1S/C10H18N2O/c1-8(2)13-7-10(6-11,12-3)9-4-5-9/h8-9,12H,4-5,7H2,1-3H3. The van der Waals surface area contributed by atoms with Gasteiger partial charge in [-0.1, -0.05) is 0 Å². The van der Waals surface area contributed by atoms with Gasteiger partial charge in [0.2, 0.25) is 0 Å². The monoisotopic (exact) mass is 182 g/mol. The summed E-state index contributed by atoms with van der Waals surface area (Å²) in [6.45, 7) is 4.48. The molecule has 0 bridgehead atoms. The molecule has 0 saturated heterocycles. The van der Waals surface area contributed by atoms with Crippen LogP contribution in [-0.4, -0.2) is 25.3 Å². The molecular formula is C10H18N2O. The number of hydrogen-bond acceptors (Lipinski definition) is 3. The zero-order valence-corrected chi connectivity index (χ0v) is 8.63. The largest absolute Gasteiger partial charge is 0.376 e. The summed E-state index contributed by atoms with van der Waals surface area (Å²) in [4.78, 5) is 0. The molecule has 74 valence electrons. The second-order valence-electron chi connectivity index (χ2n) is 3.97. The van der Waals surface area contributed by atoms with Crippen molar-refractivity contribution in [3.8, 4) is 6.07 Å². The van der Waals surface area contributed by atoms with E-state index in [1.807, 2.05) is 20.9 Å². The minimum atomic E-state index is -0.440. The second kappa shape index (κ2) is 4.08. The molecule has 1 aliphatic carbocycles. The topological polar surface area (TPSA) is 45.0 Å². The summed E-state index contributed by atoms with van der Waals surface area (Å²) < 4.78 is 5.51. The van der Waals surface area contributed by atoms with Crippen LogP contribution in [0.3, 0.4) is 0 Å². The van der Waals surface area contributed by atoms with E-state index in [1.54, 1.807) is 0 Å². The predicted molar refractivity (Wildman–Crippen MR) is 51.2 cm³/mol. The van der Waals surface area contributed by atoms with E-state index < -0.39 is 5.54 Å². The summed E-state index contributed by atoms with van der Waals surface area (Å²) in [6, 6.07) is 2.35. The minimum Gasteiger partial charge on any atom is -0.376 e. The molecule has 1 N–H and O–H groups in total. The second-order valence-corrected chi connectivity index (χ2v) is 3.97. The molecule has 0 aromatic heterocycles. The van der Waals surface area contributed by atoms with Crippen molar-refractivity contribution in [1.82, 2.24) is 5.32 Å². The van der Waals surface area contributed by atoms with Crippen molar-refractivity contribution >= 4 is 0 Å².